The predicted octanol–water partition coefficient (Wildman–Crippen LogP) is -1.50. The molecule has 0 aromatic carbocycles. The van der Waals surface area contributed by atoms with Gasteiger partial charge in [0.2, 0.25) is 6.29 Å². The van der Waals surface area contributed by atoms with E-state index in [0.29, 0.717) is 6.29 Å². The molecule has 0 aromatic rings. The standard InChI is InChI=1S/C4H5NO3/c6-2-1-5-4(8)3-7/h2-3H,1H2,(H,5,8). The molecule has 0 bridgehead atoms. The zero-order valence-corrected chi connectivity index (χ0v) is 4.09. The van der Waals surface area contributed by atoms with Gasteiger partial charge in [-0.2, -0.15) is 0 Å². The Kier molecular flexibility index (Phi) is 3.39. The molecule has 1 N–H and O–H groups in total. The molecule has 4 nitrogen and oxygen atoms in total. The smallest absolute Gasteiger partial charge is 0.284 e. The average molecular weight is 115 g/mol. The van der Waals surface area contributed by atoms with E-state index in [4.69, 9.17) is 0 Å². The molecule has 0 aromatic heterocycles. The van der Waals surface area contributed by atoms with Crippen LogP contribution >= 0.6 is 0 Å². The lowest BCUT2D eigenvalue weighted by Crippen LogP contribution is -2.25. The van der Waals surface area contributed by atoms with E-state index in [2.05, 4.69) is 0 Å². The Morgan fingerprint density at radius 1 is 1.50 bits per heavy atom. The maximum Gasteiger partial charge on any atom is 0.284 e. The summed E-state index contributed by atoms with van der Waals surface area (Å²) in [5.74, 6) is -0.767. The van der Waals surface area contributed by atoms with Gasteiger partial charge in [-0.1, -0.05) is 0 Å². The summed E-state index contributed by atoms with van der Waals surface area (Å²) in [6.45, 7) is -0.0996. The summed E-state index contributed by atoms with van der Waals surface area (Å²) in [7, 11) is 0. The van der Waals surface area contributed by atoms with Crippen LogP contribution in [0, 0.1) is 0 Å². The van der Waals surface area contributed by atoms with Gasteiger partial charge < -0.3 is 10.1 Å². The summed E-state index contributed by atoms with van der Waals surface area (Å²) in [5.41, 5.74) is 0. The minimum absolute atomic E-state index is 0.0996. The van der Waals surface area contributed by atoms with Crippen molar-refractivity contribution < 1.29 is 14.4 Å². The molecule has 0 atom stereocenters. The quantitative estimate of drug-likeness (QED) is 0.359. The van der Waals surface area contributed by atoms with Crippen LogP contribution in [-0.4, -0.2) is 25.0 Å². The monoisotopic (exact) mass is 115 g/mol. The lowest BCUT2D eigenvalue weighted by Gasteiger charge is -1.87. The highest BCUT2D eigenvalue weighted by atomic mass is 16.2. The van der Waals surface area contributed by atoms with Crippen molar-refractivity contribution in [3.05, 3.63) is 0 Å². The van der Waals surface area contributed by atoms with Gasteiger partial charge in [-0.05, 0) is 0 Å². The number of hydrogen-bond donors (Lipinski definition) is 1. The summed E-state index contributed by atoms with van der Waals surface area (Å²) in [4.78, 5) is 28.9. The summed E-state index contributed by atoms with van der Waals surface area (Å²) in [6, 6.07) is 0. The molecule has 0 unspecified atom stereocenters. The van der Waals surface area contributed by atoms with Gasteiger partial charge in [-0.3, -0.25) is 9.59 Å². The van der Waals surface area contributed by atoms with Crippen molar-refractivity contribution in [1.29, 1.82) is 0 Å². The fraction of sp³-hybridized carbons (Fsp3) is 0.250. The molecule has 0 spiro atoms. The normalized spacial score (nSPS) is 7.50. The van der Waals surface area contributed by atoms with Gasteiger partial charge in [0.15, 0.2) is 0 Å². The molecular formula is C4H5NO3. The summed E-state index contributed by atoms with van der Waals surface area (Å²) < 4.78 is 0. The maximum absolute atomic E-state index is 9.93. The van der Waals surface area contributed by atoms with Crippen LogP contribution in [0.4, 0.5) is 0 Å². The Labute approximate surface area is 45.9 Å². The van der Waals surface area contributed by atoms with Crippen molar-refractivity contribution in [2.75, 3.05) is 6.54 Å². The highest BCUT2D eigenvalue weighted by Crippen LogP contribution is 1.51. The number of nitrogens with one attached hydrogen (secondary N) is 1. The second-order valence-electron chi connectivity index (χ2n) is 1.03. The van der Waals surface area contributed by atoms with Crippen molar-refractivity contribution in [3.8, 4) is 0 Å². The highest BCUT2D eigenvalue weighted by molar-refractivity contribution is 6.23. The third kappa shape index (κ3) is 3.02. The Morgan fingerprint density at radius 3 is 2.50 bits per heavy atom. The molecule has 0 saturated carbocycles. The van der Waals surface area contributed by atoms with Gasteiger partial charge in [0, 0.05) is 0 Å². The molecule has 0 saturated heterocycles. The maximum atomic E-state index is 9.93. The zero-order chi connectivity index (χ0) is 6.41. The molecule has 1 amide bonds. The van der Waals surface area contributed by atoms with Crippen LogP contribution in [0.5, 0.6) is 0 Å². The van der Waals surface area contributed by atoms with E-state index in [-0.39, 0.29) is 12.8 Å². The molecule has 0 heterocycles. The second kappa shape index (κ2) is 3.98. The molecule has 0 aliphatic heterocycles. The van der Waals surface area contributed by atoms with Crippen LogP contribution in [0.3, 0.4) is 0 Å². The van der Waals surface area contributed by atoms with E-state index in [1.165, 1.54) is 0 Å². The molecule has 0 radical (unpaired) electrons. The van der Waals surface area contributed by atoms with E-state index in [0.717, 1.165) is 0 Å². The number of rotatable bonds is 3. The first-order valence-electron chi connectivity index (χ1n) is 1.98. The van der Waals surface area contributed by atoms with Crippen LogP contribution in [0.1, 0.15) is 0 Å². The lowest BCUT2D eigenvalue weighted by molar-refractivity contribution is -0.131. The zero-order valence-electron chi connectivity index (χ0n) is 4.09. The number of amides is 1. The number of carbonyl (C=O) groups excluding carboxylic acids is 3. The first-order chi connectivity index (χ1) is 3.81. The number of hydrogen-bond acceptors (Lipinski definition) is 3. The summed E-state index contributed by atoms with van der Waals surface area (Å²) in [6.07, 6.45) is 0.616. The van der Waals surface area contributed by atoms with Crippen molar-refractivity contribution in [3.63, 3.8) is 0 Å². The van der Waals surface area contributed by atoms with E-state index in [1.807, 2.05) is 5.32 Å². The first-order valence-corrected chi connectivity index (χ1v) is 1.98. The molecule has 0 fully saturated rings. The van der Waals surface area contributed by atoms with Gasteiger partial charge in [0.05, 0.1) is 6.54 Å². The van der Waals surface area contributed by atoms with Crippen LogP contribution in [0.2, 0.25) is 0 Å². The number of aldehydes is 2. The third-order valence-corrected chi connectivity index (χ3v) is 0.467. The van der Waals surface area contributed by atoms with Gasteiger partial charge in [0.25, 0.3) is 5.91 Å². The van der Waals surface area contributed by atoms with Crippen LogP contribution in [-0.2, 0) is 14.4 Å². The highest BCUT2D eigenvalue weighted by Gasteiger charge is 1.91. The largest absolute Gasteiger partial charge is 0.343 e. The first kappa shape index (κ1) is 6.81. The Hall–Kier alpha value is -1.19. The lowest BCUT2D eigenvalue weighted by atomic mass is 10.6. The van der Waals surface area contributed by atoms with Gasteiger partial charge in [-0.25, -0.2) is 0 Å². The van der Waals surface area contributed by atoms with Crippen LogP contribution in [0.25, 0.3) is 0 Å². The SMILES string of the molecule is O=CCNC(=O)C=O. The van der Waals surface area contributed by atoms with Gasteiger partial charge in [-0.15, -0.1) is 0 Å². The fourth-order valence-electron chi connectivity index (χ4n) is 0.184. The Bertz CT molecular complexity index is 110. The minimum Gasteiger partial charge on any atom is -0.343 e. The van der Waals surface area contributed by atoms with Crippen LogP contribution < -0.4 is 5.32 Å². The molecular weight excluding hydrogens is 110 g/mol. The number of carbonyl (C=O) groups is 3. The molecule has 8 heavy (non-hydrogen) atoms. The molecule has 44 valence electrons. The topological polar surface area (TPSA) is 63.2 Å². The Balaban J connectivity index is 3.24. The minimum atomic E-state index is -0.767. The Morgan fingerprint density at radius 2 is 2.12 bits per heavy atom. The summed E-state index contributed by atoms with van der Waals surface area (Å²) >= 11 is 0. The van der Waals surface area contributed by atoms with Crippen molar-refractivity contribution in [2.45, 2.75) is 0 Å². The van der Waals surface area contributed by atoms with Gasteiger partial charge >= 0.3 is 0 Å². The van der Waals surface area contributed by atoms with Crippen molar-refractivity contribution >= 4 is 18.5 Å². The molecule has 0 rings (SSSR count). The van der Waals surface area contributed by atoms with E-state index in [9.17, 15) is 14.4 Å². The third-order valence-electron chi connectivity index (χ3n) is 0.467. The second-order valence-corrected chi connectivity index (χ2v) is 1.03. The summed E-state index contributed by atoms with van der Waals surface area (Å²) in [5, 5.41) is 2.01. The fourth-order valence-corrected chi connectivity index (χ4v) is 0.184. The van der Waals surface area contributed by atoms with E-state index >= 15 is 0 Å². The molecule has 4 heteroatoms. The van der Waals surface area contributed by atoms with Crippen molar-refractivity contribution in [1.82, 2.24) is 5.32 Å². The molecule has 0 aliphatic rings. The van der Waals surface area contributed by atoms with E-state index < -0.39 is 5.91 Å². The average Bonchev–Trinajstić information content (AvgIpc) is 1.83. The molecule has 0 aliphatic carbocycles. The van der Waals surface area contributed by atoms with Crippen molar-refractivity contribution in [2.24, 2.45) is 0 Å². The predicted molar refractivity (Wildman–Crippen MR) is 25.1 cm³/mol. The van der Waals surface area contributed by atoms with Crippen LogP contribution in [0.15, 0.2) is 0 Å². The van der Waals surface area contributed by atoms with E-state index in [1.54, 1.807) is 0 Å². The van der Waals surface area contributed by atoms with Gasteiger partial charge in [0.1, 0.15) is 6.29 Å².